The molecule has 1 heterocycles. The number of hydrogen-bond donors (Lipinski definition) is 1. The minimum atomic E-state index is 0.0522. The zero-order valence-corrected chi connectivity index (χ0v) is 10.8. The van der Waals surface area contributed by atoms with E-state index < -0.39 is 0 Å². The lowest BCUT2D eigenvalue weighted by atomic mass is 9.80. The summed E-state index contributed by atoms with van der Waals surface area (Å²) in [7, 11) is 1.80. The molecule has 0 spiro atoms. The molecule has 1 aromatic heterocycles. The topological polar surface area (TPSA) is 47.0 Å². The van der Waals surface area contributed by atoms with Crippen molar-refractivity contribution < 1.29 is 4.74 Å². The maximum absolute atomic E-state index is 5.54. The predicted octanol–water partition coefficient (Wildman–Crippen LogP) is 2.47. The number of ether oxygens (including phenoxy) is 1. The van der Waals surface area contributed by atoms with Gasteiger partial charge < -0.3 is 10.1 Å². The molecule has 0 saturated heterocycles. The third kappa shape index (κ3) is 2.52. The van der Waals surface area contributed by atoms with Crippen LogP contribution in [0.5, 0.6) is 0 Å². The van der Waals surface area contributed by atoms with E-state index in [9.17, 15) is 0 Å². The summed E-state index contributed by atoms with van der Waals surface area (Å²) in [6, 6.07) is 0. The highest BCUT2D eigenvalue weighted by Gasteiger charge is 2.36. The summed E-state index contributed by atoms with van der Waals surface area (Å²) in [4.78, 5) is 4.44. The van der Waals surface area contributed by atoms with Crippen molar-refractivity contribution in [2.24, 2.45) is 0 Å². The van der Waals surface area contributed by atoms with E-state index in [1.807, 2.05) is 0 Å². The molecule has 1 aliphatic rings. The molecule has 1 saturated carbocycles. The largest absolute Gasteiger partial charge is 0.376 e. The van der Waals surface area contributed by atoms with Crippen LogP contribution >= 0.6 is 11.5 Å². The Bertz CT molecular complexity index is 330. The lowest BCUT2D eigenvalue weighted by molar-refractivity contribution is -0.0601. The summed E-state index contributed by atoms with van der Waals surface area (Å²) in [6.07, 6.45) is 5.63. The Morgan fingerprint density at radius 3 is 2.88 bits per heavy atom. The van der Waals surface area contributed by atoms with Crippen molar-refractivity contribution in [3.8, 4) is 0 Å². The summed E-state index contributed by atoms with van der Waals surface area (Å²) in [5, 5.41) is 4.26. The van der Waals surface area contributed by atoms with Crippen molar-refractivity contribution in [1.82, 2.24) is 9.36 Å². The first-order valence-electron chi connectivity index (χ1n) is 5.89. The number of anilines is 1. The van der Waals surface area contributed by atoms with E-state index in [2.05, 4.69) is 21.6 Å². The normalized spacial score (nSPS) is 18.1. The van der Waals surface area contributed by atoms with E-state index in [0.717, 1.165) is 43.2 Å². The van der Waals surface area contributed by atoms with Crippen LogP contribution in [-0.2, 0) is 11.2 Å². The van der Waals surface area contributed by atoms with E-state index in [4.69, 9.17) is 4.74 Å². The smallest absolute Gasteiger partial charge is 0.202 e. The minimum Gasteiger partial charge on any atom is -0.376 e. The van der Waals surface area contributed by atoms with Gasteiger partial charge in [0.05, 0.1) is 5.60 Å². The second-order valence-corrected chi connectivity index (χ2v) is 5.11. The Balaban J connectivity index is 1.84. The third-order valence-corrected chi connectivity index (χ3v) is 3.91. The van der Waals surface area contributed by atoms with Crippen molar-refractivity contribution in [2.45, 2.75) is 44.6 Å². The van der Waals surface area contributed by atoms with E-state index in [1.165, 1.54) is 18.0 Å². The molecule has 2 rings (SSSR count). The van der Waals surface area contributed by atoms with Crippen LogP contribution in [0.2, 0.25) is 0 Å². The number of aryl methyl sites for hydroxylation is 1. The summed E-state index contributed by atoms with van der Waals surface area (Å²) >= 11 is 1.45. The van der Waals surface area contributed by atoms with Crippen LogP contribution in [-0.4, -0.2) is 28.6 Å². The van der Waals surface area contributed by atoms with E-state index in [-0.39, 0.29) is 5.60 Å². The number of nitrogens with one attached hydrogen (secondary N) is 1. The van der Waals surface area contributed by atoms with Crippen molar-refractivity contribution in [2.75, 3.05) is 19.0 Å². The molecule has 1 fully saturated rings. The Labute approximate surface area is 101 Å². The predicted molar refractivity (Wildman–Crippen MR) is 66.0 cm³/mol. The zero-order valence-electron chi connectivity index (χ0n) is 9.95. The maximum Gasteiger partial charge on any atom is 0.202 e. The van der Waals surface area contributed by atoms with Crippen molar-refractivity contribution in [1.29, 1.82) is 0 Å². The molecule has 0 atom stereocenters. The van der Waals surface area contributed by atoms with Gasteiger partial charge in [-0.3, -0.25) is 0 Å². The van der Waals surface area contributed by atoms with Crippen LogP contribution in [0.4, 0.5) is 5.13 Å². The van der Waals surface area contributed by atoms with Gasteiger partial charge >= 0.3 is 0 Å². The summed E-state index contributed by atoms with van der Waals surface area (Å²) in [6.45, 7) is 2.99. The van der Waals surface area contributed by atoms with E-state index in [0.29, 0.717) is 0 Å². The molecule has 0 unspecified atom stereocenters. The SMILES string of the molecule is CCCc1nsc(NCC2(OC)CCC2)n1. The second-order valence-electron chi connectivity index (χ2n) is 4.36. The third-order valence-electron chi connectivity index (χ3n) is 3.20. The van der Waals surface area contributed by atoms with Gasteiger partial charge in [-0.05, 0) is 25.7 Å². The highest BCUT2D eigenvalue weighted by molar-refractivity contribution is 7.09. The monoisotopic (exact) mass is 241 g/mol. The summed E-state index contributed by atoms with van der Waals surface area (Å²) in [5.74, 6) is 0.954. The fraction of sp³-hybridized carbons (Fsp3) is 0.818. The van der Waals surface area contributed by atoms with Crippen LogP contribution in [0.1, 0.15) is 38.4 Å². The van der Waals surface area contributed by atoms with Crippen molar-refractivity contribution >= 4 is 16.7 Å². The lowest BCUT2D eigenvalue weighted by Gasteiger charge is -2.40. The average molecular weight is 241 g/mol. The fourth-order valence-electron chi connectivity index (χ4n) is 1.91. The molecule has 0 aliphatic heterocycles. The molecule has 5 heteroatoms. The van der Waals surface area contributed by atoms with Crippen LogP contribution in [0.25, 0.3) is 0 Å². The van der Waals surface area contributed by atoms with Crippen LogP contribution < -0.4 is 5.32 Å². The number of nitrogens with zero attached hydrogens (tertiary/aromatic N) is 2. The molecule has 0 radical (unpaired) electrons. The molecule has 0 bridgehead atoms. The number of hydrogen-bond acceptors (Lipinski definition) is 5. The van der Waals surface area contributed by atoms with Crippen LogP contribution in [0.15, 0.2) is 0 Å². The Morgan fingerprint density at radius 1 is 1.50 bits per heavy atom. The van der Waals surface area contributed by atoms with Crippen LogP contribution in [0.3, 0.4) is 0 Å². The first-order chi connectivity index (χ1) is 7.78. The Morgan fingerprint density at radius 2 is 2.31 bits per heavy atom. The number of aromatic nitrogens is 2. The first kappa shape index (κ1) is 11.8. The summed E-state index contributed by atoms with van der Waals surface area (Å²) < 4.78 is 9.85. The fourth-order valence-corrected chi connectivity index (χ4v) is 2.52. The van der Waals surface area contributed by atoms with E-state index in [1.54, 1.807) is 7.11 Å². The molecular formula is C11H19N3OS. The van der Waals surface area contributed by atoms with Crippen molar-refractivity contribution in [3.63, 3.8) is 0 Å². The second kappa shape index (κ2) is 5.10. The first-order valence-corrected chi connectivity index (χ1v) is 6.67. The van der Waals surface area contributed by atoms with Gasteiger partial charge in [0.1, 0.15) is 5.82 Å². The van der Waals surface area contributed by atoms with Crippen molar-refractivity contribution in [3.05, 3.63) is 5.82 Å². The standard InChI is InChI=1S/C11H19N3OS/c1-3-5-9-13-10(16-14-9)12-8-11(15-2)6-4-7-11/h3-8H2,1-2H3,(H,12,13,14). The number of rotatable bonds is 6. The van der Waals surface area contributed by atoms with Gasteiger partial charge in [-0.25, -0.2) is 4.98 Å². The van der Waals surface area contributed by atoms with E-state index >= 15 is 0 Å². The highest BCUT2D eigenvalue weighted by Crippen LogP contribution is 2.35. The van der Waals surface area contributed by atoms with Crippen LogP contribution in [0, 0.1) is 0 Å². The molecule has 90 valence electrons. The van der Waals surface area contributed by atoms with Gasteiger partial charge in [-0.2, -0.15) is 4.37 Å². The van der Waals surface area contributed by atoms with Gasteiger partial charge in [0, 0.05) is 31.6 Å². The quantitative estimate of drug-likeness (QED) is 0.831. The molecule has 4 nitrogen and oxygen atoms in total. The van der Waals surface area contributed by atoms with Gasteiger partial charge in [0.25, 0.3) is 0 Å². The Kier molecular flexibility index (Phi) is 3.76. The molecule has 1 N–H and O–H groups in total. The maximum atomic E-state index is 5.54. The molecule has 1 aromatic rings. The van der Waals surface area contributed by atoms with Gasteiger partial charge in [-0.1, -0.05) is 6.92 Å². The van der Waals surface area contributed by atoms with Gasteiger partial charge in [0.15, 0.2) is 0 Å². The molecular weight excluding hydrogens is 222 g/mol. The van der Waals surface area contributed by atoms with Gasteiger partial charge in [-0.15, -0.1) is 0 Å². The highest BCUT2D eigenvalue weighted by atomic mass is 32.1. The molecule has 0 amide bonds. The van der Waals surface area contributed by atoms with Gasteiger partial charge in [0.2, 0.25) is 5.13 Å². The molecule has 1 aliphatic carbocycles. The molecule has 0 aromatic carbocycles. The minimum absolute atomic E-state index is 0.0522. The Hall–Kier alpha value is -0.680. The zero-order chi connectivity index (χ0) is 11.4. The lowest BCUT2D eigenvalue weighted by Crippen LogP contribution is -2.45. The molecule has 16 heavy (non-hydrogen) atoms. The average Bonchev–Trinajstić information content (AvgIpc) is 2.66. The summed E-state index contributed by atoms with van der Waals surface area (Å²) in [5.41, 5.74) is 0.0522. The number of methoxy groups -OCH3 is 1.